The second-order valence-corrected chi connectivity index (χ2v) is 9.55. The highest BCUT2D eigenvalue weighted by molar-refractivity contribution is 7.45. The monoisotopic (exact) mass is 492 g/mol. The lowest BCUT2D eigenvalue weighted by atomic mass is 9.84. The maximum atomic E-state index is 12.5. The number of allylic oxidation sites excluding steroid dienone is 1. The fourth-order valence-electron chi connectivity index (χ4n) is 3.65. The number of hydrogen-bond donors (Lipinski definition) is 3. The normalized spacial score (nSPS) is 17.7. The minimum absolute atomic E-state index is 0.237. The van der Waals surface area contributed by atoms with Crippen LogP contribution in [-0.2, 0) is 23.6 Å². The summed E-state index contributed by atoms with van der Waals surface area (Å²) in [5.41, 5.74) is 0. The molecule has 0 spiro atoms. The molecule has 8 nitrogen and oxygen atoms in total. The molecule has 9 heteroatoms. The van der Waals surface area contributed by atoms with Gasteiger partial charge in [0.1, 0.15) is 0 Å². The molecule has 0 saturated heterocycles. The number of carbonyl (C=O) groups excluding carboxylic acids is 2. The molecule has 0 aliphatic heterocycles. The Kier molecular flexibility index (Phi) is 19.4. The third-order valence-corrected chi connectivity index (χ3v) is 5.48. The van der Waals surface area contributed by atoms with Crippen molar-refractivity contribution in [3.05, 3.63) is 12.2 Å². The third kappa shape index (κ3) is 19.9. The molecule has 0 saturated carbocycles. The van der Waals surface area contributed by atoms with E-state index in [2.05, 4.69) is 13.8 Å². The van der Waals surface area contributed by atoms with E-state index in [9.17, 15) is 9.59 Å². The molecule has 0 bridgehead atoms. The number of carbonyl (C=O) groups is 2. The van der Waals surface area contributed by atoms with Gasteiger partial charge in [0.2, 0.25) is 0 Å². The van der Waals surface area contributed by atoms with Gasteiger partial charge in [0.15, 0.2) is 0 Å². The number of hydrogen-bond acceptors (Lipinski definition) is 5. The van der Waals surface area contributed by atoms with E-state index in [1.54, 1.807) is 0 Å². The van der Waals surface area contributed by atoms with Crippen LogP contribution in [-0.4, -0.2) is 39.8 Å². The Morgan fingerprint density at radius 2 is 1.21 bits per heavy atom. The highest BCUT2D eigenvalue weighted by Crippen LogP contribution is 2.28. The van der Waals surface area contributed by atoms with E-state index in [-0.39, 0.29) is 17.9 Å². The van der Waals surface area contributed by atoms with E-state index in [0.717, 1.165) is 32.1 Å². The Morgan fingerprint density at radius 1 is 0.788 bits per heavy atom. The minimum atomic E-state index is -4.64. The van der Waals surface area contributed by atoms with Crippen molar-refractivity contribution in [3.8, 4) is 0 Å². The average Bonchev–Trinajstić information content (AvgIpc) is 2.76. The Labute approximate surface area is 199 Å². The fraction of sp³-hybridized carbons (Fsp3) is 0.833. The first-order chi connectivity index (χ1) is 15.7. The predicted octanol–water partition coefficient (Wildman–Crippen LogP) is 5.45. The lowest BCUT2D eigenvalue weighted by Crippen LogP contribution is -2.33. The molecule has 0 heterocycles. The SMILES string of the molecule is CCCCCCCCOC(=O)C1C=CCCC1C(=O)OCCCCCCCC.O=P(O)(O)O. The quantitative estimate of drug-likeness (QED) is 0.112. The van der Waals surface area contributed by atoms with Crippen LogP contribution in [0.1, 0.15) is 104 Å². The van der Waals surface area contributed by atoms with E-state index in [0.29, 0.717) is 19.6 Å². The number of unbranched alkanes of at least 4 members (excludes halogenated alkanes) is 10. The summed E-state index contributed by atoms with van der Waals surface area (Å²) in [5, 5.41) is 0. The highest BCUT2D eigenvalue weighted by Gasteiger charge is 2.35. The molecule has 194 valence electrons. The summed E-state index contributed by atoms with van der Waals surface area (Å²) < 4.78 is 19.8. The first kappa shape index (κ1) is 31.8. The molecule has 33 heavy (non-hydrogen) atoms. The Morgan fingerprint density at radius 3 is 1.70 bits per heavy atom. The van der Waals surface area contributed by atoms with Crippen molar-refractivity contribution < 1.29 is 38.3 Å². The van der Waals surface area contributed by atoms with Gasteiger partial charge in [-0.2, -0.15) is 0 Å². The number of ether oxygens (including phenoxy) is 2. The van der Waals surface area contributed by atoms with E-state index >= 15 is 0 Å². The smallest absolute Gasteiger partial charge is 0.465 e. The molecule has 1 aliphatic rings. The number of esters is 2. The van der Waals surface area contributed by atoms with Crippen molar-refractivity contribution in [1.29, 1.82) is 0 Å². The summed E-state index contributed by atoms with van der Waals surface area (Å²) in [6.45, 7) is 5.32. The van der Waals surface area contributed by atoms with Crippen LogP contribution in [0.25, 0.3) is 0 Å². The van der Waals surface area contributed by atoms with E-state index < -0.39 is 13.7 Å². The molecule has 0 amide bonds. The zero-order valence-electron chi connectivity index (χ0n) is 20.5. The molecule has 0 aromatic carbocycles. The van der Waals surface area contributed by atoms with E-state index in [1.807, 2.05) is 12.2 Å². The lowest BCUT2D eigenvalue weighted by Gasteiger charge is -2.24. The molecular formula is C24H45O8P. The summed E-state index contributed by atoms with van der Waals surface area (Å²) in [6, 6.07) is 0. The van der Waals surface area contributed by atoms with Gasteiger partial charge < -0.3 is 24.2 Å². The van der Waals surface area contributed by atoms with Crippen LogP contribution in [0.5, 0.6) is 0 Å². The second-order valence-electron chi connectivity index (χ2n) is 8.52. The summed E-state index contributed by atoms with van der Waals surface area (Å²) in [7, 11) is -4.64. The average molecular weight is 493 g/mol. The van der Waals surface area contributed by atoms with Gasteiger partial charge in [-0.1, -0.05) is 90.2 Å². The lowest BCUT2D eigenvalue weighted by molar-refractivity contribution is -0.159. The summed E-state index contributed by atoms with van der Waals surface area (Å²) in [5.74, 6) is -1.38. The van der Waals surface area contributed by atoms with Crippen LogP contribution in [0.3, 0.4) is 0 Å². The predicted molar refractivity (Wildman–Crippen MR) is 128 cm³/mol. The molecule has 2 unspecified atom stereocenters. The topological polar surface area (TPSA) is 130 Å². The molecule has 3 N–H and O–H groups in total. The molecule has 1 aliphatic carbocycles. The van der Waals surface area contributed by atoms with Crippen LogP contribution >= 0.6 is 7.82 Å². The van der Waals surface area contributed by atoms with Gasteiger partial charge in [-0.05, 0) is 25.7 Å². The highest BCUT2D eigenvalue weighted by atomic mass is 31.2. The van der Waals surface area contributed by atoms with Gasteiger partial charge in [0, 0.05) is 0 Å². The molecule has 2 atom stereocenters. The van der Waals surface area contributed by atoms with Crippen LogP contribution in [0.15, 0.2) is 12.2 Å². The third-order valence-electron chi connectivity index (χ3n) is 5.48. The molecule has 0 aromatic rings. The van der Waals surface area contributed by atoms with Crippen molar-refractivity contribution in [2.24, 2.45) is 11.8 Å². The Balaban J connectivity index is 0.00000184. The Hall–Kier alpha value is -1.21. The second kappa shape index (κ2) is 20.2. The fourth-order valence-corrected chi connectivity index (χ4v) is 3.65. The summed E-state index contributed by atoms with van der Waals surface area (Å²) in [6.07, 6.45) is 19.2. The number of rotatable bonds is 16. The van der Waals surface area contributed by atoms with E-state index in [1.165, 1.54) is 51.4 Å². The van der Waals surface area contributed by atoms with Gasteiger partial charge in [-0.25, -0.2) is 4.57 Å². The molecule has 0 fully saturated rings. The van der Waals surface area contributed by atoms with Gasteiger partial charge in [-0.3, -0.25) is 9.59 Å². The summed E-state index contributed by atoms with van der Waals surface area (Å²) >= 11 is 0. The summed E-state index contributed by atoms with van der Waals surface area (Å²) in [4.78, 5) is 46.5. The minimum Gasteiger partial charge on any atom is -0.465 e. The van der Waals surface area contributed by atoms with E-state index in [4.69, 9.17) is 28.7 Å². The van der Waals surface area contributed by atoms with Crippen LogP contribution in [0.4, 0.5) is 0 Å². The van der Waals surface area contributed by atoms with Crippen LogP contribution < -0.4 is 0 Å². The van der Waals surface area contributed by atoms with Crippen molar-refractivity contribution >= 4 is 19.8 Å². The van der Waals surface area contributed by atoms with Crippen LogP contribution in [0.2, 0.25) is 0 Å². The van der Waals surface area contributed by atoms with Crippen LogP contribution in [0, 0.1) is 11.8 Å². The zero-order valence-corrected chi connectivity index (χ0v) is 21.3. The first-order valence-electron chi connectivity index (χ1n) is 12.5. The maximum Gasteiger partial charge on any atom is 0.466 e. The van der Waals surface area contributed by atoms with Gasteiger partial charge in [-0.15, -0.1) is 0 Å². The standard InChI is InChI=1S/C24H42O4.H3O4P/c1-3-5-7-9-11-15-19-27-23(25)21-17-13-14-18-22(21)24(26)28-20-16-12-10-8-6-4-2;1-5(2,3)4/h13,17,21-22H,3-12,14-16,18-20H2,1-2H3;(H3,1,2,3,4). The first-order valence-corrected chi connectivity index (χ1v) is 14.0. The van der Waals surface area contributed by atoms with Gasteiger partial charge in [0.05, 0.1) is 25.0 Å². The van der Waals surface area contributed by atoms with Gasteiger partial charge in [0.25, 0.3) is 0 Å². The maximum absolute atomic E-state index is 12.5. The van der Waals surface area contributed by atoms with Crippen molar-refractivity contribution in [2.75, 3.05) is 13.2 Å². The van der Waals surface area contributed by atoms with Crippen molar-refractivity contribution in [3.63, 3.8) is 0 Å². The Bertz CT molecular complexity index is 579. The van der Waals surface area contributed by atoms with Crippen molar-refractivity contribution in [2.45, 2.75) is 104 Å². The number of phosphoric acid groups is 1. The van der Waals surface area contributed by atoms with Gasteiger partial charge >= 0.3 is 19.8 Å². The molecular weight excluding hydrogens is 447 g/mol. The molecule has 1 rings (SSSR count). The van der Waals surface area contributed by atoms with Crippen molar-refractivity contribution in [1.82, 2.24) is 0 Å². The largest absolute Gasteiger partial charge is 0.466 e. The molecule has 0 aromatic heterocycles. The zero-order chi connectivity index (χ0) is 25.0. The molecule has 0 radical (unpaired) electrons.